The lowest BCUT2D eigenvalue weighted by Gasteiger charge is -2.34. The van der Waals surface area contributed by atoms with Gasteiger partial charge in [0, 0.05) is 26.2 Å². The highest BCUT2D eigenvalue weighted by Crippen LogP contribution is 2.20. The zero-order valence-corrected chi connectivity index (χ0v) is 17.7. The molecule has 0 bridgehead atoms. The molecule has 0 aliphatic carbocycles. The molecule has 1 aliphatic heterocycles. The third-order valence-corrected chi connectivity index (χ3v) is 6.16. The van der Waals surface area contributed by atoms with Gasteiger partial charge in [-0.15, -0.1) is 11.3 Å². The molecule has 3 aromatic rings. The summed E-state index contributed by atoms with van der Waals surface area (Å²) in [7, 11) is 0. The molecule has 0 N–H and O–H groups in total. The van der Waals surface area contributed by atoms with Gasteiger partial charge in [-0.3, -0.25) is 14.4 Å². The van der Waals surface area contributed by atoms with Gasteiger partial charge in [-0.1, -0.05) is 24.3 Å². The Kier molecular flexibility index (Phi) is 5.50. The number of aryl methyl sites for hydroxylation is 1. The number of carbonyl (C=O) groups excluding carboxylic acids is 3. The lowest BCUT2D eigenvalue weighted by molar-refractivity contribution is -0.127. The minimum Gasteiger partial charge on any atom is -0.334 e. The van der Waals surface area contributed by atoms with Gasteiger partial charge in [0.05, 0.1) is 27.5 Å². The fourth-order valence-electron chi connectivity index (χ4n) is 3.71. The Morgan fingerprint density at radius 3 is 2.20 bits per heavy atom. The van der Waals surface area contributed by atoms with Crippen molar-refractivity contribution in [2.45, 2.75) is 13.8 Å². The number of hydrogen-bond acceptors (Lipinski definition) is 5. The van der Waals surface area contributed by atoms with Crippen LogP contribution in [0.2, 0.25) is 0 Å². The van der Waals surface area contributed by atoms with Crippen LogP contribution in [0.1, 0.15) is 31.4 Å². The van der Waals surface area contributed by atoms with E-state index < -0.39 is 11.7 Å². The fraction of sp³-hybridized carbons (Fsp3) is 0.273. The van der Waals surface area contributed by atoms with Crippen molar-refractivity contribution in [1.82, 2.24) is 19.6 Å². The van der Waals surface area contributed by atoms with Gasteiger partial charge in [0.1, 0.15) is 0 Å². The van der Waals surface area contributed by atoms with E-state index in [2.05, 4.69) is 5.10 Å². The van der Waals surface area contributed by atoms with E-state index in [1.807, 2.05) is 41.8 Å². The number of hydrogen-bond donors (Lipinski definition) is 0. The van der Waals surface area contributed by atoms with Crippen LogP contribution in [0.4, 0.5) is 0 Å². The predicted octanol–water partition coefficient (Wildman–Crippen LogP) is 2.72. The van der Waals surface area contributed by atoms with Gasteiger partial charge in [-0.2, -0.15) is 5.10 Å². The van der Waals surface area contributed by atoms with Crippen LogP contribution >= 0.6 is 11.3 Å². The summed E-state index contributed by atoms with van der Waals surface area (Å²) in [4.78, 5) is 42.3. The molecule has 2 aromatic heterocycles. The van der Waals surface area contributed by atoms with Crippen molar-refractivity contribution < 1.29 is 14.4 Å². The molecule has 7 nitrogen and oxygen atoms in total. The lowest BCUT2D eigenvalue weighted by Crippen LogP contribution is -2.52. The average Bonchev–Trinajstić information content (AvgIpc) is 3.41. The summed E-state index contributed by atoms with van der Waals surface area (Å²) in [5, 5.41) is 6.33. The quantitative estimate of drug-likeness (QED) is 0.479. The van der Waals surface area contributed by atoms with E-state index >= 15 is 0 Å². The molecular formula is C22H22N4O3S. The van der Waals surface area contributed by atoms with Crippen molar-refractivity contribution in [2.24, 2.45) is 0 Å². The molecular weight excluding hydrogens is 400 g/mol. The Balaban J connectivity index is 1.47. The maximum absolute atomic E-state index is 13.0. The van der Waals surface area contributed by atoms with Crippen LogP contribution in [0.3, 0.4) is 0 Å². The summed E-state index contributed by atoms with van der Waals surface area (Å²) in [5.41, 5.74) is 2.36. The van der Waals surface area contributed by atoms with Crippen LogP contribution in [-0.4, -0.2) is 63.4 Å². The molecule has 2 amide bonds. The van der Waals surface area contributed by atoms with Crippen LogP contribution in [0, 0.1) is 13.8 Å². The smallest absolute Gasteiger partial charge is 0.295 e. The van der Waals surface area contributed by atoms with Gasteiger partial charge in [-0.05, 0) is 37.4 Å². The maximum Gasteiger partial charge on any atom is 0.295 e. The van der Waals surface area contributed by atoms with Crippen molar-refractivity contribution in [2.75, 3.05) is 26.2 Å². The monoisotopic (exact) mass is 422 g/mol. The summed E-state index contributed by atoms with van der Waals surface area (Å²) in [6.07, 6.45) is 0. The third-order valence-electron chi connectivity index (χ3n) is 5.30. The second-order valence-electron chi connectivity index (χ2n) is 7.18. The zero-order valence-electron chi connectivity index (χ0n) is 16.9. The van der Waals surface area contributed by atoms with E-state index in [-0.39, 0.29) is 5.91 Å². The number of para-hydroxylation sites is 1. The first kappa shape index (κ1) is 20.0. The summed E-state index contributed by atoms with van der Waals surface area (Å²) in [5.74, 6) is -1.12. The number of piperazine rings is 1. The first-order valence-electron chi connectivity index (χ1n) is 9.75. The zero-order chi connectivity index (χ0) is 21.3. The summed E-state index contributed by atoms with van der Waals surface area (Å²) < 4.78 is 1.69. The molecule has 4 rings (SSSR count). The molecule has 0 spiro atoms. The molecule has 30 heavy (non-hydrogen) atoms. The molecule has 1 aromatic carbocycles. The number of aromatic nitrogens is 2. The number of thiophene rings is 1. The number of nitrogens with zero attached hydrogens (tertiary/aromatic N) is 4. The first-order valence-corrected chi connectivity index (χ1v) is 10.6. The maximum atomic E-state index is 13.0. The Labute approximate surface area is 178 Å². The van der Waals surface area contributed by atoms with Crippen LogP contribution in [-0.2, 0) is 4.79 Å². The second-order valence-corrected chi connectivity index (χ2v) is 8.13. The van der Waals surface area contributed by atoms with Gasteiger partial charge >= 0.3 is 0 Å². The molecule has 0 saturated carbocycles. The van der Waals surface area contributed by atoms with Crippen molar-refractivity contribution in [3.8, 4) is 5.69 Å². The predicted molar refractivity (Wildman–Crippen MR) is 114 cm³/mol. The first-order chi connectivity index (χ1) is 14.5. The Morgan fingerprint density at radius 1 is 0.900 bits per heavy atom. The molecule has 1 aliphatic rings. The van der Waals surface area contributed by atoms with Crippen molar-refractivity contribution in [3.63, 3.8) is 0 Å². The summed E-state index contributed by atoms with van der Waals surface area (Å²) in [6, 6.07) is 13.2. The Morgan fingerprint density at radius 2 is 1.57 bits per heavy atom. The van der Waals surface area contributed by atoms with Crippen LogP contribution < -0.4 is 0 Å². The van der Waals surface area contributed by atoms with E-state index in [9.17, 15) is 14.4 Å². The van der Waals surface area contributed by atoms with E-state index in [1.54, 1.807) is 29.5 Å². The van der Waals surface area contributed by atoms with Crippen molar-refractivity contribution in [1.29, 1.82) is 0 Å². The third kappa shape index (κ3) is 3.66. The van der Waals surface area contributed by atoms with Crippen LogP contribution in [0.5, 0.6) is 0 Å². The van der Waals surface area contributed by atoms with E-state index in [1.165, 1.54) is 16.2 Å². The molecule has 0 unspecified atom stereocenters. The molecule has 154 valence electrons. The molecule has 1 fully saturated rings. The lowest BCUT2D eigenvalue weighted by atomic mass is 10.1. The highest BCUT2D eigenvalue weighted by Gasteiger charge is 2.32. The van der Waals surface area contributed by atoms with Crippen molar-refractivity contribution >= 4 is 28.9 Å². The number of benzene rings is 1. The normalized spacial score (nSPS) is 14.1. The van der Waals surface area contributed by atoms with E-state index in [4.69, 9.17) is 0 Å². The standard InChI is InChI=1S/C22H22N4O3S/c1-15-19(16(2)26(23-15)17-7-4-3-5-8-17)20(27)22(29)25-12-10-24(11-13-25)21(28)18-9-6-14-30-18/h3-9,14H,10-13H2,1-2H3. The van der Waals surface area contributed by atoms with Gasteiger partial charge in [0.25, 0.3) is 17.6 Å². The van der Waals surface area contributed by atoms with Gasteiger partial charge < -0.3 is 9.80 Å². The molecule has 1 saturated heterocycles. The van der Waals surface area contributed by atoms with Crippen LogP contribution in [0.25, 0.3) is 5.69 Å². The molecule has 0 radical (unpaired) electrons. The van der Waals surface area contributed by atoms with Crippen LogP contribution in [0.15, 0.2) is 47.8 Å². The summed E-state index contributed by atoms with van der Waals surface area (Å²) >= 11 is 1.40. The fourth-order valence-corrected chi connectivity index (χ4v) is 4.40. The van der Waals surface area contributed by atoms with E-state index in [0.717, 1.165) is 5.69 Å². The second kappa shape index (κ2) is 8.23. The van der Waals surface area contributed by atoms with Gasteiger partial charge in [0.15, 0.2) is 0 Å². The highest BCUT2D eigenvalue weighted by atomic mass is 32.1. The number of rotatable bonds is 4. The van der Waals surface area contributed by atoms with Gasteiger partial charge in [-0.25, -0.2) is 4.68 Å². The van der Waals surface area contributed by atoms with Crippen molar-refractivity contribution in [3.05, 3.63) is 69.7 Å². The Bertz CT molecular complexity index is 1080. The molecule has 0 atom stereocenters. The minimum atomic E-state index is -0.551. The minimum absolute atomic E-state index is 0.0285. The average molecular weight is 423 g/mol. The topological polar surface area (TPSA) is 75.5 Å². The number of carbonyl (C=O) groups is 3. The SMILES string of the molecule is Cc1nn(-c2ccccc2)c(C)c1C(=O)C(=O)N1CCN(C(=O)c2cccs2)CC1. The number of amides is 2. The molecule has 8 heteroatoms. The van der Waals surface area contributed by atoms with E-state index in [0.29, 0.717) is 48.0 Å². The Hall–Kier alpha value is -3.26. The number of ketones is 1. The molecule has 3 heterocycles. The highest BCUT2D eigenvalue weighted by molar-refractivity contribution is 7.12. The number of Topliss-reactive ketones (excluding diaryl/α,β-unsaturated/α-hetero) is 1. The summed E-state index contributed by atoms with van der Waals surface area (Å²) in [6.45, 7) is 5.04. The largest absolute Gasteiger partial charge is 0.334 e. The van der Waals surface area contributed by atoms with Gasteiger partial charge in [0.2, 0.25) is 0 Å².